The molecular formula is C13H18BrClN2O2S. The van der Waals surface area contributed by atoms with E-state index in [4.69, 9.17) is 11.6 Å². The molecule has 2 rings (SSSR count). The average Bonchev–Trinajstić information content (AvgIpc) is 2.46. The normalized spacial score (nSPS) is 18.9. The molecule has 0 aliphatic heterocycles. The summed E-state index contributed by atoms with van der Waals surface area (Å²) in [5.74, 6) is 0.492. The van der Waals surface area contributed by atoms with E-state index in [1.54, 1.807) is 12.3 Å². The molecule has 0 saturated heterocycles. The van der Waals surface area contributed by atoms with Gasteiger partial charge in [0.2, 0.25) is 10.0 Å². The molecule has 0 bridgehead atoms. The number of pyridine rings is 1. The lowest BCUT2D eigenvalue weighted by Gasteiger charge is -2.35. The highest BCUT2D eigenvalue weighted by atomic mass is 79.9. The second kappa shape index (κ2) is 6.73. The first-order chi connectivity index (χ1) is 9.47. The molecule has 1 heterocycles. The number of hydrogen-bond acceptors (Lipinski definition) is 3. The summed E-state index contributed by atoms with van der Waals surface area (Å²) in [4.78, 5) is 4.06. The molecule has 7 heteroatoms. The van der Waals surface area contributed by atoms with Crippen LogP contribution in [-0.4, -0.2) is 25.8 Å². The Morgan fingerprint density at radius 3 is 2.60 bits per heavy atom. The predicted molar refractivity (Wildman–Crippen MR) is 83.4 cm³/mol. The Morgan fingerprint density at radius 2 is 2.00 bits per heavy atom. The minimum absolute atomic E-state index is 0.105. The van der Waals surface area contributed by atoms with E-state index in [2.05, 4.69) is 25.6 Å². The number of hydrogen-bond donors (Lipinski definition) is 1. The molecule has 0 aromatic carbocycles. The van der Waals surface area contributed by atoms with Gasteiger partial charge in [0, 0.05) is 29.3 Å². The molecule has 1 N–H and O–H groups in total. The standard InChI is InChI=1S/C13H18BrClN2O2S/c14-11-6-12(8-16-7-11)20(18,19)17-10-13(9-15)4-2-1-3-5-13/h6-8,17H,1-5,9-10H2. The molecule has 0 atom stereocenters. The van der Waals surface area contributed by atoms with Crippen LogP contribution in [0.15, 0.2) is 27.8 Å². The smallest absolute Gasteiger partial charge is 0.242 e. The second-order valence-corrected chi connectivity index (χ2v) is 8.31. The fourth-order valence-corrected chi connectivity index (χ4v) is 4.55. The van der Waals surface area contributed by atoms with Gasteiger partial charge >= 0.3 is 0 Å². The van der Waals surface area contributed by atoms with Gasteiger partial charge in [0.25, 0.3) is 0 Å². The first-order valence-corrected chi connectivity index (χ1v) is 9.45. The molecule has 112 valence electrons. The van der Waals surface area contributed by atoms with Gasteiger partial charge in [-0.25, -0.2) is 13.1 Å². The topological polar surface area (TPSA) is 59.1 Å². The lowest BCUT2D eigenvalue weighted by Crippen LogP contribution is -2.40. The summed E-state index contributed by atoms with van der Waals surface area (Å²) >= 11 is 9.31. The van der Waals surface area contributed by atoms with Crippen molar-refractivity contribution in [1.82, 2.24) is 9.71 Å². The maximum absolute atomic E-state index is 12.3. The molecule has 20 heavy (non-hydrogen) atoms. The molecule has 0 amide bonds. The van der Waals surface area contributed by atoms with Crippen molar-refractivity contribution in [3.63, 3.8) is 0 Å². The minimum atomic E-state index is -3.53. The number of rotatable bonds is 5. The summed E-state index contributed by atoms with van der Waals surface area (Å²) in [7, 11) is -3.53. The number of halogens is 2. The molecule has 1 aromatic rings. The van der Waals surface area contributed by atoms with Crippen molar-refractivity contribution >= 4 is 37.6 Å². The highest BCUT2D eigenvalue weighted by molar-refractivity contribution is 9.10. The van der Waals surface area contributed by atoms with Crippen molar-refractivity contribution in [2.75, 3.05) is 12.4 Å². The number of alkyl halides is 1. The van der Waals surface area contributed by atoms with Crippen LogP contribution in [-0.2, 0) is 10.0 Å². The van der Waals surface area contributed by atoms with E-state index >= 15 is 0 Å². The molecule has 1 aromatic heterocycles. The van der Waals surface area contributed by atoms with E-state index in [0.717, 1.165) is 25.7 Å². The maximum atomic E-state index is 12.3. The van der Waals surface area contributed by atoms with Gasteiger partial charge in [-0.15, -0.1) is 11.6 Å². The zero-order chi connectivity index (χ0) is 14.6. The van der Waals surface area contributed by atoms with Crippen molar-refractivity contribution in [1.29, 1.82) is 0 Å². The lowest BCUT2D eigenvalue weighted by molar-refractivity contribution is 0.223. The molecule has 1 fully saturated rings. The van der Waals surface area contributed by atoms with Crippen molar-refractivity contribution in [3.8, 4) is 0 Å². The summed E-state index contributed by atoms with van der Waals surface area (Å²) in [5, 5.41) is 0. The minimum Gasteiger partial charge on any atom is -0.262 e. The van der Waals surface area contributed by atoms with Crippen LogP contribution in [0.5, 0.6) is 0 Å². The van der Waals surface area contributed by atoms with E-state index < -0.39 is 10.0 Å². The Hall–Kier alpha value is -0.170. The van der Waals surface area contributed by atoms with Gasteiger partial charge in [0.15, 0.2) is 0 Å². The Kier molecular flexibility index (Phi) is 5.45. The van der Waals surface area contributed by atoms with Crippen molar-refractivity contribution < 1.29 is 8.42 Å². The van der Waals surface area contributed by atoms with Gasteiger partial charge in [0.05, 0.1) is 0 Å². The second-order valence-electron chi connectivity index (χ2n) is 5.36. The highest BCUT2D eigenvalue weighted by Gasteiger charge is 2.32. The predicted octanol–water partition coefficient (Wildman–Crippen LogP) is 3.31. The monoisotopic (exact) mass is 380 g/mol. The Morgan fingerprint density at radius 1 is 1.30 bits per heavy atom. The van der Waals surface area contributed by atoms with Gasteiger partial charge in [-0.2, -0.15) is 0 Å². The lowest BCUT2D eigenvalue weighted by atomic mass is 9.76. The fourth-order valence-electron chi connectivity index (χ4n) is 2.53. The van der Waals surface area contributed by atoms with Crippen LogP contribution in [0.3, 0.4) is 0 Å². The summed E-state index contributed by atoms with van der Waals surface area (Å²) < 4.78 is 27.9. The average molecular weight is 382 g/mol. The van der Waals surface area contributed by atoms with Crippen molar-refractivity contribution in [2.45, 2.75) is 37.0 Å². The molecule has 0 unspecified atom stereocenters. The van der Waals surface area contributed by atoms with Gasteiger partial charge in [-0.1, -0.05) is 19.3 Å². The maximum Gasteiger partial charge on any atom is 0.242 e. The zero-order valence-electron chi connectivity index (χ0n) is 11.1. The molecule has 1 saturated carbocycles. The van der Waals surface area contributed by atoms with Crippen LogP contribution in [0, 0.1) is 5.41 Å². The van der Waals surface area contributed by atoms with Crippen LogP contribution in [0.1, 0.15) is 32.1 Å². The third kappa shape index (κ3) is 3.93. The number of aromatic nitrogens is 1. The van der Waals surface area contributed by atoms with Gasteiger partial charge in [-0.05, 0) is 40.3 Å². The Labute approximate surface area is 133 Å². The van der Waals surface area contributed by atoms with Crippen molar-refractivity contribution in [2.24, 2.45) is 5.41 Å². The first kappa shape index (κ1) is 16.2. The van der Waals surface area contributed by atoms with E-state index in [0.29, 0.717) is 16.9 Å². The molecule has 1 aliphatic rings. The summed E-state index contributed by atoms with van der Waals surface area (Å²) in [6.07, 6.45) is 8.31. The van der Waals surface area contributed by atoms with Gasteiger partial charge < -0.3 is 0 Å². The summed E-state index contributed by atoms with van der Waals surface area (Å²) in [6, 6.07) is 1.55. The largest absolute Gasteiger partial charge is 0.262 e. The van der Waals surface area contributed by atoms with Crippen LogP contribution in [0.4, 0.5) is 0 Å². The summed E-state index contributed by atoms with van der Waals surface area (Å²) in [6.45, 7) is 0.394. The third-order valence-corrected chi connectivity index (χ3v) is 6.19. The number of nitrogens with zero attached hydrogens (tertiary/aromatic N) is 1. The van der Waals surface area contributed by atoms with Crippen LogP contribution < -0.4 is 4.72 Å². The zero-order valence-corrected chi connectivity index (χ0v) is 14.3. The molecule has 4 nitrogen and oxygen atoms in total. The first-order valence-electron chi connectivity index (χ1n) is 6.64. The van der Waals surface area contributed by atoms with Crippen molar-refractivity contribution in [3.05, 3.63) is 22.9 Å². The third-order valence-electron chi connectivity index (χ3n) is 3.82. The highest BCUT2D eigenvalue weighted by Crippen LogP contribution is 2.37. The van der Waals surface area contributed by atoms with E-state index in [9.17, 15) is 8.42 Å². The number of nitrogens with one attached hydrogen (secondary N) is 1. The molecule has 0 spiro atoms. The Balaban J connectivity index is 2.08. The molecule has 1 aliphatic carbocycles. The summed E-state index contributed by atoms with van der Waals surface area (Å²) in [5.41, 5.74) is -0.105. The molecule has 0 radical (unpaired) electrons. The van der Waals surface area contributed by atoms with Crippen LogP contribution in [0.25, 0.3) is 0 Å². The Bertz CT molecular complexity index is 559. The van der Waals surface area contributed by atoms with E-state index in [1.165, 1.54) is 12.6 Å². The quantitative estimate of drug-likeness (QED) is 0.796. The van der Waals surface area contributed by atoms with E-state index in [-0.39, 0.29) is 10.3 Å². The van der Waals surface area contributed by atoms with Crippen LogP contribution >= 0.6 is 27.5 Å². The van der Waals surface area contributed by atoms with Gasteiger partial charge in [0.1, 0.15) is 4.90 Å². The fraction of sp³-hybridized carbons (Fsp3) is 0.615. The van der Waals surface area contributed by atoms with Gasteiger partial charge in [-0.3, -0.25) is 4.98 Å². The number of sulfonamides is 1. The van der Waals surface area contributed by atoms with Crippen LogP contribution in [0.2, 0.25) is 0 Å². The van der Waals surface area contributed by atoms with E-state index in [1.807, 2.05) is 0 Å². The SMILES string of the molecule is O=S(=O)(NCC1(CCl)CCCCC1)c1cncc(Br)c1. The molecular weight excluding hydrogens is 364 g/mol.